The van der Waals surface area contributed by atoms with Gasteiger partial charge in [0.25, 0.3) is 5.91 Å². The summed E-state index contributed by atoms with van der Waals surface area (Å²) in [6.07, 6.45) is 3.92. The van der Waals surface area contributed by atoms with E-state index in [1.165, 1.54) is 0 Å². The molecule has 3 N–H and O–H groups in total. The molecule has 0 saturated carbocycles. The number of carbonyl (C=O) groups is 1. The lowest BCUT2D eigenvalue weighted by molar-refractivity contribution is -0.139. The molecule has 1 saturated heterocycles. The number of hydroxylamine groups is 1. The summed E-state index contributed by atoms with van der Waals surface area (Å²) >= 11 is 0. The van der Waals surface area contributed by atoms with Gasteiger partial charge in [0.1, 0.15) is 6.04 Å². The molecule has 0 spiro atoms. The number of likely N-dealkylation sites (tertiary alicyclic amines) is 1. The van der Waals surface area contributed by atoms with Gasteiger partial charge in [-0.1, -0.05) is 30.3 Å². The molecule has 2 heterocycles. The fourth-order valence-corrected chi connectivity index (χ4v) is 3.99. The minimum absolute atomic E-state index is 0.126. The van der Waals surface area contributed by atoms with Gasteiger partial charge in [-0.25, -0.2) is 5.48 Å². The van der Waals surface area contributed by atoms with Crippen LogP contribution < -0.4 is 10.8 Å². The Morgan fingerprint density at radius 2 is 2.17 bits per heavy atom. The van der Waals surface area contributed by atoms with Crippen LogP contribution in [0, 0.1) is 0 Å². The number of hydrogen-bond acceptors (Lipinski definition) is 5. The number of anilines is 1. The van der Waals surface area contributed by atoms with Crippen molar-refractivity contribution in [1.82, 2.24) is 20.6 Å². The van der Waals surface area contributed by atoms with Gasteiger partial charge >= 0.3 is 0 Å². The summed E-state index contributed by atoms with van der Waals surface area (Å²) in [6, 6.07) is 16.0. The van der Waals surface area contributed by atoms with Crippen molar-refractivity contribution in [2.24, 2.45) is 0 Å². The van der Waals surface area contributed by atoms with Gasteiger partial charge in [0.15, 0.2) is 0 Å². The lowest BCUT2D eigenvalue weighted by Gasteiger charge is -2.38. The van der Waals surface area contributed by atoms with Crippen molar-refractivity contribution in [2.45, 2.75) is 31.8 Å². The van der Waals surface area contributed by atoms with Gasteiger partial charge in [0, 0.05) is 23.7 Å². The van der Waals surface area contributed by atoms with Gasteiger partial charge in [-0.15, -0.1) is 0 Å². The third-order valence-electron chi connectivity index (χ3n) is 5.31. The molecule has 4 rings (SSSR count). The molecule has 7 nitrogen and oxygen atoms in total. The van der Waals surface area contributed by atoms with E-state index in [1.807, 2.05) is 49.5 Å². The minimum Gasteiger partial charge on any atom is -0.381 e. The number of amides is 1. The second-order valence-electron chi connectivity index (χ2n) is 7.36. The van der Waals surface area contributed by atoms with Crippen LogP contribution in [0.2, 0.25) is 0 Å². The molecule has 0 aliphatic carbocycles. The van der Waals surface area contributed by atoms with Crippen LogP contribution in [-0.2, 0) is 9.63 Å². The van der Waals surface area contributed by atoms with Gasteiger partial charge in [0.2, 0.25) is 0 Å². The van der Waals surface area contributed by atoms with Gasteiger partial charge in [-0.05, 0) is 50.1 Å². The lowest BCUT2D eigenvalue weighted by Crippen LogP contribution is -2.48. The van der Waals surface area contributed by atoms with Crippen molar-refractivity contribution in [3.8, 4) is 0 Å². The smallest absolute Gasteiger partial charge is 0.265 e. The fourth-order valence-electron chi connectivity index (χ4n) is 3.99. The number of nitrogens with one attached hydrogen (secondary N) is 3. The molecule has 2 unspecified atom stereocenters. The van der Waals surface area contributed by atoms with Crippen LogP contribution in [0.1, 0.15) is 31.4 Å². The fraction of sp³-hybridized carbons (Fsp3) is 0.364. The van der Waals surface area contributed by atoms with E-state index in [9.17, 15) is 4.79 Å². The number of carbonyl (C=O) groups excluding carboxylic acids is 1. The van der Waals surface area contributed by atoms with Crippen LogP contribution in [0.25, 0.3) is 10.9 Å². The average Bonchev–Trinajstić information content (AvgIpc) is 3.21. The van der Waals surface area contributed by atoms with Crippen molar-refractivity contribution < 1.29 is 9.63 Å². The van der Waals surface area contributed by atoms with E-state index in [2.05, 4.69) is 38.0 Å². The maximum Gasteiger partial charge on any atom is 0.265 e. The van der Waals surface area contributed by atoms with E-state index in [0.29, 0.717) is 6.61 Å². The van der Waals surface area contributed by atoms with Crippen molar-refractivity contribution in [3.05, 3.63) is 60.3 Å². The molecular weight excluding hydrogens is 366 g/mol. The molecule has 1 amide bonds. The first-order valence-corrected chi connectivity index (χ1v) is 10.1. The number of rotatable bonds is 7. The van der Waals surface area contributed by atoms with Crippen LogP contribution in [-0.4, -0.2) is 46.7 Å². The number of benzene rings is 2. The van der Waals surface area contributed by atoms with Crippen molar-refractivity contribution >= 4 is 22.5 Å². The van der Waals surface area contributed by atoms with Crippen molar-refractivity contribution in [1.29, 1.82) is 0 Å². The summed E-state index contributed by atoms with van der Waals surface area (Å²) in [6.45, 7) is 3.95. The predicted molar refractivity (Wildman–Crippen MR) is 113 cm³/mol. The summed E-state index contributed by atoms with van der Waals surface area (Å²) in [4.78, 5) is 20.3. The first kappa shape index (κ1) is 19.4. The summed E-state index contributed by atoms with van der Waals surface area (Å²) in [5, 5.41) is 11.8. The van der Waals surface area contributed by atoms with E-state index in [1.54, 1.807) is 0 Å². The Labute approximate surface area is 170 Å². The highest BCUT2D eigenvalue weighted by molar-refractivity contribution is 5.83. The molecule has 152 valence electrons. The Balaban J connectivity index is 1.50. The monoisotopic (exact) mass is 393 g/mol. The molecule has 0 radical (unpaired) electrons. The van der Waals surface area contributed by atoms with Crippen LogP contribution >= 0.6 is 0 Å². The Morgan fingerprint density at radius 3 is 3.00 bits per heavy atom. The number of aromatic nitrogens is 2. The van der Waals surface area contributed by atoms with Gasteiger partial charge < -0.3 is 5.32 Å². The zero-order valence-corrected chi connectivity index (χ0v) is 16.6. The maximum atomic E-state index is 12.9. The second-order valence-corrected chi connectivity index (χ2v) is 7.36. The number of piperidine rings is 1. The average molecular weight is 393 g/mol. The quantitative estimate of drug-likeness (QED) is 0.537. The SMILES string of the molecule is CCONC(=O)C(c1ccccc1)N1CCCC(Nc2ccc3[nH]ncc3c2)C1. The second kappa shape index (κ2) is 9.07. The predicted octanol–water partition coefficient (Wildman–Crippen LogP) is 3.25. The Hall–Kier alpha value is -2.90. The third kappa shape index (κ3) is 4.58. The van der Waals surface area contributed by atoms with Crippen molar-refractivity contribution in [2.75, 3.05) is 25.0 Å². The Kier molecular flexibility index (Phi) is 6.07. The zero-order chi connectivity index (χ0) is 20.1. The molecule has 7 heteroatoms. The minimum atomic E-state index is -0.372. The summed E-state index contributed by atoms with van der Waals surface area (Å²) in [5.74, 6) is -0.126. The molecule has 1 aliphatic heterocycles. The normalized spacial score (nSPS) is 18.4. The highest BCUT2D eigenvalue weighted by Crippen LogP contribution is 2.27. The topological polar surface area (TPSA) is 82.3 Å². The molecule has 3 aromatic rings. The van der Waals surface area contributed by atoms with Crippen LogP contribution in [0.5, 0.6) is 0 Å². The largest absolute Gasteiger partial charge is 0.381 e. The first-order valence-electron chi connectivity index (χ1n) is 10.1. The zero-order valence-electron chi connectivity index (χ0n) is 16.6. The Morgan fingerprint density at radius 1 is 1.31 bits per heavy atom. The molecule has 0 bridgehead atoms. The first-order chi connectivity index (χ1) is 14.2. The molecule has 2 atom stereocenters. The highest BCUT2D eigenvalue weighted by Gasteiger charge is 2.32. The van der Waals surface area contributed by atoms with Gasteiger partial charge in [0.05, 0.1) is 18.3 Å². The molecular formula is C22H27N5O2. The molecule has 1 aromatic heterocycles. The number of fused-ring (bicyclic) bond motifs is 1. The summed E-state index contributed by atoms with van der Waals surface area (Å²) in [5.41, 5.74) is 5.67. The van der Waals surface area contributed by atoms with E-state index < -0.39 is 0 Å². The molecule has 1 aliphatic rings. The summed E-state index contributed by atoms with van der Waals surface area (Å²) < 4.78 is 0. The number of H-pyrrole nitrogens is 1. The standard InChI is InChI=1S/C22H27N5O2/c1-2-29-26-22(28)21(16-7-4-3-5-8-16)27-12-6-9-19(15-27)24-18-10-11-20-17(13-18)14-23-25-20/h3-5,7-8,10-11,13-14,19,21,24H,2,6,9,12,15H2,1H3,(H,23,25)(H,26,28). The van der Waals surface area contributed by atoms with Crippen LogP contribution in [0.15, 0.2) is 54.7 Å². The maximum absolute atomic E-state index is 12.9. The highest BCUT2D eigenvalue weighted by atomic mass is 16.6. The van der Waals surface area contributed by atoms with E-state index in [0.717, 1.165) is 48.1 Å². The van der Waals surface area contributed by atoms with E-state index in [-0.39, 0.29) is 18.0 Å². The van der Waals surface area contributed by atoms with Gasteiger partial charge in [-0.3, -0.25) is 19.6 Å². The number of hydrogen-bond donors (Lipinski definition) is 3. The van der Waals surface area contributed by atoms with Crippen LogP contribution in [0.3, 0.4) is 0 Å². The van der Waals surface area contributed by atoms with Crippen LogP contribution in [0.4, 0.5) is 5.69 Å². The van der Waals surface area contributed by atoms with Gasteiger partial charge in [-0.2, -0.15) is 5.10 Å². The van der Waals surface area contributed by atoms with E-state index >= 15 is 0 Å². The molecule has 29 heavy (non-hydrogen) atoms. The number of aromatic amines is 1. The lowest BCUT2D eigenvalue weighted by atomic mass is 9.98. The molecule has 1 fully saturated rings. The summed E-state index contributed by atoms with van der Waals surface area (Å²) in [7, 11) is 0. The Bertz CT molecular complexity index is 943. The van der Waals surface area contributed by atoms with E-state index in [4.69, 9.17) is 4.84 Å². The third-order valence-corrected chi connectivity index (χ3v) is 5.31. The molecule has 2 aromatic carbocycles. The number of nitrogens with zero attached hydrogens (tertiary/aromatic N) is 2. The van der Waals surface area contributed by atoms with Crippen molar-refractivity contribution in [3.63, 3.8) is 0 Å².